The Morgan fingerprint density at radius 1 is 0.897 bits per heavy atom. The van der Waals surface area contributed by atoms with Crippen LogP contribution in [0.3, 0.4) is 0 Å². The monoisotopic (exact) mass is 389 g/mol. The quantitative estimate of drug-likeness (QED) is 0.384. The van der Waals surface area contributed by atoms with Crippen molar-refractivity contribution in [2.24, 2.45) is 0 Å². The molecule has 0 N–H and O–H groups in total. The Hall–Kier alpha value is -3.93. The molecule has 0 spiro atoms. The summed E-state index contributed by atoms with van der Waals surface area (Å²) < 4.78 is 25.3. The molecular weight excluding hydrogens is 373 g/mol. The molecule has 0 amide bonds. The van der Waals surface area contributed by atoms with Crippen LogP contribution in [0.15, 0.2) is 83.8 Å². The van der Waals surface area contributed by atoms with E-state index in [2.05, 4.69) is 0 Å². The Morgan fingerprint density at radius 2 is 1.62 bits per heavy atom. The molecule has 4 aromatic rings. The number of hydrogen-bond donors (Lipinski definition) is 0. The van der Waals surface area contributed by atoms with Crippen LogP contribution in [0.4, 0.5) is 4.39 Å². The Balaban J connectivity index is 1.85. The van der Waals surface area contributed by atoms with E-state index in [-0.39, 0.29) is 16.9 Å². The molecule has 3 aromatic carbocycles. The van der Waals surface area contributed by atoms with Gasteiger partial charge in [-0.2, -0.15) is 0 Å². The second-order valence-electron chi connectivity index (χ2n) is 6.31. The van der Waals surface area contributed by atoms with Crippen molar-refractivity contribution in [2.45, 2.75) is 0 Å². The zero-order chi connectivity index (χ0) is 20.4. The van der Waals surface area contributed by atoms with Crippen molar-refractivity contribution in [1.29, 1.82) is 0 Å². The van der Waals surface area contributed by atoms with E-state index < -0.39 is 11.8 Å². The molecule has 0 aliphatic carbocycles. The molecule has 1 heterocycles. The number of nitrogens with zero attached hydrogens (tertiary/aromatic N) is 1. The molecule has 0 atom stereocenters. The molecule has 0 aliphatic rings. The number of hydrogen-bond acceptors (Lipinski definition) is 4. The summed E-state index contributed by atoms with van der Waals surface area (Å²) in [5.41, 5.74) is 0.495. The van der Waals surface area contributed by atoms with Gasteiger partial charge in [-0.1, -0.05) is 24.3 Å². The van der Waals surface area contributed by atoms with E-state index in [9.17, 15) is 14.0 Å². The van der Waals surface area contributed by atoms with Crippen molar-refractivity contribution in [3.8, 4) is 17.2 Å². The van der Waals surface area contributed by atoms with E-state index in [1.807, 2.05) is 0 Å². The second-order valence-corrected chi connectivity index (χ2v) is 6.31. The molecule has 0 bridgehead atoms. The first kappa shape index (κ1) is 18.4. The van der Waals surface area contributed by atoms with Crippen LogP contribution < -0.4 is 15.0 Å². The van der Waals surface area contributed by atoms with Crippen LogP contribution in [0.25, 0.3) is 16.5 Å². The van der Waals surface area contributed by atoms with Crippen LogP contribution in [0.5, 0.6) is 11.5 Å². The van der Waals surface area contributed by atoms with Gasteiger partial charge >= 0.3 is 5.97 Å². The molecule has 6 heteroatoms. The van der Waals surface area contributed by atoms with Gasteiger partial charge < -0.3 is 9.47 Å². The lowest BCUT2D eigenvalue weighted by Crippen LogP contribution is -2.22. The van der Waals surface area contributed by atoms with Crippen molar-refractivity contribution in [1.82, 2.24) is 4.57 Å². The number of rotatable bonds is 4. The highest BCUT2D eigenvalue weighted by atomic mass is 19.1. The molecular formula is C23H16FNO4. The van der Waals surface area contributed by atoms with Gasteiger partial charge in [0.1, 0.15) is 17.3 Å². The fourth-order valence-corrected chi connectivity index (χ4v) is 3.08. The standard InChI is InChI=1S/C23H16FNO4/c1-28-17-11-9-16(10-12-17)25-14-21(19-7-2-3-8-20(19)22(25)26)23(27)29-18-6-4-5-15(24)13-18/h2-14H,1H3. The maximum Gasteiger partial charge on any atom is 0.345 e. The molecule has 0 fully saturated rings. The van der Waals surface area contributed by atoms with Crippen LogP contribution in [0, 0.1) is 5.82 Å². The van der Waals surface area contributed by atoms with E-state index in [0.717, 1.165) is 6.07 Å². The van der Waals surface area contributed by atoms with Gasteiger partial charge in [0.2, 0.25) is 0 Å². The average Bonchev–Trinajstić information content (AvgIpc) is 2.74. The number of fused-ring (bicyclic) bond motifs is 1. The van der Waals surface area contributed by atoms with Crippen LogP contribution >= 0.6 is 0 Å². The first-order valence-corrected chi connectivity index (χ1v) is 8.83. The normalized spacial score (nSPS) is 10.7. The van der Waals surface area contributed by atoms with E-state index >= 15 is 0 Å². The van der Waals surface area contributed by atoms with Crippen LogP contribution in [0.2, 0.25) is 0 Å². The minimum atomic E-state index is -0.686. The number of halogens is 1. The highest BCUT2D eigenvalue weighted by Crippen LogP contribution is 2.21. The second kappa shape index (κ2) is 7.59. The lowest BCUT2D eigenvalue weighted by atomic mass is 10.1. The van der Waals surface area contributed by atoms with Gasteiger partial charge in [0.25, 0.3) is 5.56 Å². The minimum Gasteiger partial charge on any atom is -0.497 e. The smallest absolute Gasteiger partial charge is 0.345 e. The van der Waals surface area contributed by atoms with Gasteiger partial charge in [0, 0.05) is 28.7 Å². The first-order chi connectivity index (χ1) is 14.1. The van der Waals surface area contributed by atoms with Gasteiger partial charge in [0.05, 0.1) is 12.7 Å². The van der Waals surface area contributed by atoms with Crippen LogP contribution in [-0.4, -0.2) is 17.6 Å². The average molecular weight is 389 g/mol. The van der Waals surface area contributed by atoms with Crippen LogP contribution in [-0.2, 0) is 0 Å². The Morgan fingerprint density at radius 3 is 2.31 bits per heavy atom. The molecule has 0 unspecified atom stereocenters. The van der Waals surface area contributed by atoms with Gasteiger partial charge in [-0.05, 0) is 42.5 Å². The highest BCUT2D eigenvalue weighted by molar-refractivity contribution is 6.04. The summed E-state index contributed by atoms with van der Waals surface area (Å²) in [7, 11) is 1.55. The lowest BCUT2D eigenvalue weighted by Gasteiger charge is -2.12. The maximum absolute atomic E-state index is 13.4. The Kier molecular flexibility index (Phi) is 4.83. The number of aromatic nitrogens is 1. The van der Waals surface area contributed by atoms with E-state index in [4.69, 9.17) is 9.47 Å². The van der Waals surface area contributed by atoms with E-state index in [1.165, 1.54) is 29.0 Å². The van der Waals surface area contributed by atoms with E-state index in [1.54, 1.807) is 55.6 Å². The van der Waals surface area contributed by atoms with Crippen molar-refractivity contribution >= 4 is 16.7 Å². The van der Waals surface area contributed by atoms with Crippen molar-refractivity contribution in [3.05, 3.63) is 101 Å². The summed E-state index contributed by atoms with van der Waals surface area (Å²) >= 11 is 0. The summed E-state index contributed by atoms with van der Waals surface area (Å²) in [5, 5.41) is 0.834. The van der Waals surface area contributed by atoms with Gasteiger partial charge in [-0.15, -0.1) is 0 Å². The minimum absolute atomic E-state index is 0.0845. The molecule has 0 saturated carbocycles. The number of esters is 1. The van der Waals surface area contributed by atoms with Gasteiger partial charge in [-0.25, -0.2) is 9.18 Å². The number of carbonyl (C=O) groups is 1. The number of benzene rings is 3. The van der Waals surface area contributed by atoms with Crippen LogP contribution in [0.1, 0.15) is 10.4 Å². The van der Waals surface area contributed by atoms with Crippen molar-refractivity contribution in [3.63, 3.8) is 0 Å². The molecule has 5 nitrogen and oxygen atoms in total. The number of ether oxygens (including phenoxy) is 2. The Bertz CT molecular complexity index is 1260. The molecule has 144 valence electrons. The number of methoxy groups -OCH3 is 1. The van der Waals surface area contributed by atoms with Gasteiger partial charge in [0.15, 0.2) is 0 Å². The zero-order valence-electron chi connectivity index (χ0n) is 15.5. The zero-order valence-corrected chi connectivity index (χ0v) is 15.5. The molecule has 0 saturated heterocycles. The Labute approximate surface area is 165 Å². The fourth-order valence-electron chi connectivity index (χ4n) is 3.08. The van der Waals surface area contributed by atoms with E-state index in [0.29, 0.717) is 22.2 Å². The summed E-state index contributed by atoms with van der Waals surface area (Å²) in [5.74, 6) is -0.466. The molecule has 4 rings (SSSR count). The SMILES string of the molecule is COc1ccc(-n2cc(C(=O)Oc3cccc(F)c3)c3ccccc3c2=O)cc1. The summed E-state index contributed by atoms with van der Waals surface area (Å²) in [6.45, 7) is 0. The lowest BCUT2D eigenvalue weighted by molar-refractivity contribution is 0.0736. The third kappa shape index (κ3) is 3.60. The molecule has 0 radical (unpaired) electrons. The van der Waals surface area contributed by atoms with Gasteiger partial charge in [-0.3, -0.25) is 9.36 Å². The number of pyridine rings is 1. The predicted octanol–water partition coefficient (Wildman–Crippen LogP) is 4.36. The third-order valence-electron chi connectivity index (χ3n) is 4.50. The molecule has 1 aromatic heterocycles. The van der Waals surface area contributed by atoms with Crippen molar-refractivity contribution < 1.29 is 18.7 Å². The van der Waals surface area contributed by atoms with Crippen molar-refractivity contribution in [2.75, 3.05) is 7.11 Å². The summed E-state index contributed by atoms with van der Waals surface area (Å²) in [6, 6.07) is 19.0. The predicted molar refractivity (Wildman–Crippen MR) is 107 cm³/mol. The maximum atomic E-state index is 13.4. The summed E-state index contributed by atoms with van der Waals surface area (Å²) in [4.78, 5) is 25.8. The fraction of sp³-hybridized carbons (Fsp3) is 0.0435. The summed E-state index contributed by atoms with van der Waals surface area (Å²) in [6.07, 6.45) is 1.44. The third-order valence-corrected chi connectivity index (χ3v) is 4.50. The number of carbonyl (C=O) groups excluding carboxylic acids is 1. The first-order valence-electron chi connectivity index (χ1n) is 8.83. The topological polar surface area (TPSA) is 57.5 Å². The largest absolute Gasteiger partial charge is 0.497 e. The molecule has 29 heavy (non-hydrogen) atoms. The molecule has 0 aliphatic heterocycles. The highest BCUT2D eigenvalue weighted by Gasteiger charge is 2.17.